The summed E-state index contributed by atoms with van der Waals surface area (Å²) < 4.78 is 31.6. The summed E-state index contributed by atoms with van der Waals surface area (Å²) in [6, 6.07) is 17.7. The minimum Gasteiger partial charge on any atom is -0.468 e. The third-order valence-electron chi connectivity index (χ3n) is 5.46. The molecule has 9 heteroatoms. The SMILES string of the molecule is O=C(CCCN1C(=O)c2ccccc2C1=O)NCC(c1ccco1)S(=O)(=O)c1ccccc1. The number of sulfone groups is 1. The summed E-state index contributed by atoms with van der Waals surface area (Å²) in [6.45, 7) is -0.0692. The zero-order valence-electron chi connectivity index (χ0n) is 17.6. The first-order valence-electron chi connectivity index (χ1n) is 10.4. The van der Waals surface area contributed by atoms with Crippen LogP contribution in [0.3, 0.4) is 0 Å². The Kier molecular flexibility index (Phi) is 6.41. The van der Waals surface area contributed by atoms with Crippen LogP contribution >= 0.6 is 0 Å². The fraction of sp³-hybridized carbons (Fsp3) is 0.208. The molecule has 2 heterocycles. The highest BCUT2D eigenvalue weighted by atomic mass is 32.2. The summed E-state index contributed by atoms with van der Waals surface area (Å²) in [7, 11) is -3.80. The second-order valence-corrected chi connectivity index (χ2v) is 9.71. The van der Waals surface area contributed by atoms with Crippen molar-refractivity contribution < 1.29 is 27.2 Å². The van der Waals surface area contributed by atoms with E-state index < -0.39 is 15.1 Å². The molecule has 0 spiro atoms. The number of nitrogens with zero attached hydrogens (tertiary/aromatic N) is 1. The molecule has 0 aliphatic carbocycles. The number of carbonyl (C=O) groups is 3. The van der Waals surface area contributed by atoms with Crippen LogP contribution in [0.5, 0.6) is 0 Å². The molecule has 2 aromatic carbocycles. The number of hydrogen-bond donors (Lipinski definition) is 1. The van der Waals surface area contributed by atoms with Gasteiger partial charge < -0.3 is 9.73 Å². The fourth-order valence-corrected chi connectivity index (χ4v) is 5.35. The Hall–Kier alpha value is -3.72. The van der Waals surface area contributed by atoms with Crippen molar-refractivity contribution >= 4 is 27.6 Å². The second kappa shape index (κ2) is 9.41. The molecule has 1 N–H and O–H groups in total. The van der Waals surface area contributed by atoms with Crippen molar-refractivity contribution in [2.24, 2.45) is 0 Å². The molecule has 1 unspecified atom stereocenters. The van der Waals surface area contributed by atoms with Crippen molar-refractivity contribution in [2.45, 2.75) is 23.0 Å². The Morgan fingerprint density at radius 1 is 0.909 bits per heavy atom. The lowest BCUT2D eigenvalue weighted by atomic mass is 10.1. The van der Waals surface area contributed by atoms with Crippen molar-refractivity contribution in [3.05, 3.63) is 89.9 Å². The Balaban J connectivity index is 1.35. The smallest absolute Gasteiger partial charge is 0.261 e. The molecule has 1 aromatic heterocycles. The number of carbonyl (C=O) groups excluding carboxylic acids is 3. The van der Waals surface area contributed by atoms with Gasteiger partial charge >= 0.3 is 0 Å². The van der Waals surface area contributed by atoms with Crippen molar-refractivity contribution in [1.29, 1.82) is 0 Å². The van der Waals surface area contributed by atoms with Gasteiger partial charge in [-0.25, -0.2) is 8.42 Å². The van der Waals surface area contributed by atoms with Gasteiger partial charge in [-0.15, -0.1) is 0 Å². The lowest BCUT2D eigenvalue weighted by Crippen LogP contribution is -2.34. The van der Waals surface area contributed by atoms with Crippen LogP contribution < -0.4 is 5.32 Å². The zero-order valence-corrected chi connectivity index (χ0v) is 18.5. The van der Waals surface area contributed by atoms with Crippen molar-refractivity contribution in [1.82, 2.24) is 10.2 Å². The number of benzene rings is 2. The monoisotopic (exact) mass is 466 g/mol. The molecular weight excluding hydrogens is 444 g/mol. The summed E-state index contributed by atoms with van der Waals surface area (Å²) in [5, 5.41) is 1.56. The predicted molar refractivity (Wildman–Crippen MR) is 119 cm³/mol. The van der Waals surface area contributed by atoms with E-state index in [1.165, 1.54) is 18.4 Å². The van der Waals surface area contributed by atoms with Gasteiger partial charge in [0.25, 0.3) is 11.8 Å². The van der Waals surface area contributed by atoms with Gasteiger partial charge in [-0.1, -0.05) is 30.3 Å². The molecule has 8 nitrogen and oxygen atoms in total. The van der Waals surface area contributed by atoms with Crippen molar-refractivity contribution in [2.75, 3.05) is 13.1 Å². The Morgan fingerprint density at radius 3 is 2.15 bits per heavy atom. The molecule has 3 amide bonds. The number of amides is 3. The average molecular weight is 467 g/mol. The predicted octanol–water partition coefficient (Wildman–Crippen LogP) is 2.99. The molecule has 33 heavy (non-hydrogen) atoms. The lowest BCUT2D eigenvalue weighted by Gasteiger charge is -2.17. The van der Waals surface area contributed by atoms with E-state index >= 15 is 0 Å². The number of nitrogens with one attached hydrogen (secondary N) is 1. The maximum atomic E-state index is 13.1. The van der Waals surface area contributed by atoms with Gasteiger partial charge in [-0.2, -0.15) is 0 Å². The van der Waals surface area contributed by atoms with Gasteiger partial charge in [0.05, 0.1) is 22.3 Å². The Bertz CT molecular complexity index is 1230. The van der Waals surface area contributed by atoms with Crippen LogP contribution in [0.1, 0.15) is 44.6 Å². The summed E-state index contributed by atoms with van der Waals surface area (Å²) in [5.74, 6) is -0.901. The van der Waals surface area contributed by atoms with Gasteiger partial charge in [0, 0.05) is 19.5 Å². The van der Waals surface area contributed by atoms with Crippen molar-refractivity contribution in [3.8, 4) is 0 Å². The molecule has 170 valence electrons. The minimum atomic E-state index is -3.80. The van der Waals surface area contributed by atoms with Gasteiger partial charge in [0.1, 0.15) is 11.0 Å². The maximum absolute atomic E-state index is 13.1. The molecule has 0 fully saturated rings. The highest BCUT2D eigenvalue weighted by Crippen LogP contribution is 2.29. The van der Waals surface area contributed by atoms with E-state index in [9.17, 15) is 22.8 Å². The summed E-state index contributed by atoms with van der Waals surface area (Å²) in [6.07, 6.45) is 1.67. The first-order valence-corrected chi connectivity index (χ1v) is 12.0. The number of furan rings is 1. The summed E-state index contributed by atoms with van der Waals surface area (Å²) in [4.78, 5) is 38.5. The molecule has 0 saturated heterocycles. The summed E-state index contributed by atoms with van der Waals surface area (Å²) >= 11 is 0. The molecular formula is C24H22N2O6S. The first kappa shape index (κ1) is 22.5. The molecule has 0 bridgehead atoms. The lowest BCUT2D eigenvalue weighted by molar-refractivity contribution is -0.121. The molecule has 1 aliphatic rings. The van der Waals surface area contributed by atoms with Crippen LogP contribution in [0.4, 0.5) is 0 Å². The number of hydrogen-bond acceptors (Lipinski definition) is 6. The van der Waals surface area contributed by atoms with Crippen LogP contribution in [0, 0.1) is 0 Å². The van der Waals surface area contributed by atoms with E-state index in [-0.39, 0.29) is 54.3 Å². The zero-order chi connectivity index (χ0) is 23.4. The standard InChI is InChI=1S/C24H22N2O6S/c27-22(13-6-14-26-23(28)18-10-4-5-11-19(18)24(26)29)25-16-21(20-12-7-15-32-20)33(30,31)17-8-2-1-3-9-17/h1-5,7-12,15,21H,6,13-14,16H2,(H,25,27). The molecule has 0 radical (unpaired) electrons. The van der Waals surface area contributed by atoms with Crippen LogP contribution in [-0.4, -0.2) is 44.1 Å². The maximum Gasteiger partial charge on any atom is 0.261 e. The van der Waals surface area contributed by atoms with Gasteiger partial charge in [-0.3, -0.25) is 19.3 Å². The van der Waals surface area contributed by atoms with E-state index in [1.807, 2.05) is 0 Å². The van der Waals surface area contributed by atoms with E-state index in [4.69, 9.17) is 4.42 Å². The number of rotatable bonds is 9. The van der Waals surface area contributed by atoms with Crippen molar-refractivity contribution in [3.63, 3.8) is 0 Å². The van der Waals surface area contributed by atoms with Crippen LogP contribution in [0.15, 0.2) is 82.3 Å². The van der Waals surface area contributed by atoms with E-state index in [0.29, 0.717) is 11.1 Å². The molecule has 1 atom stereocenters. The van der Waals surface area contributed by atoms with E-state index in [2.05, 4.69) is 5.32 Å². The number of fused-ring (bicyclic) bond motifs is 1. The van der Waals surface area contributed by atoms with Gasteiger partial charge in [0.2, 0.25) is 5.91 Å². The largest absolute Gasteiger partial charge is 0.468 e. The third kappa shape index (κ3) is 4.58. The third-order valence-corrected chi connectivity index (χ3v) is 7.53. The molecule has 1 aliphatic heterocycles. The Labute approximate surface area is 191 Å². The second-order valence-electron chi connectivity index (χ2n) is 7.58. The number of imide groups is 1. The van der Waals surface area contributed by atoms with E-state index in [0.717, 1.165) is 4.90 Å². The molecule has 3 aromatic rings. The van der Waals surface area contributed by atoms with Gasteiger partial charge in [0.15, 0.2) is 9.84 Å². The summed E-state index contributed by atoms with van der Waals surface area (Å²) in [5.41, 5.74) is 0.721. The molecule has 0 saturated carbocycles. The fourth-order valence-electron chi connectivity index (χ4n) is 3.75. The Morgan fingerprint density at radius 2 is 1.55 bits per heavy atom. The van der Waals surface area contributed by atoms with Gasteiger partial charge in [-0.05, 0) is 42.8 Å². The van der Waals surface area contributed by atoms with Crippen LogP contribution in [-0.2, 0) is 14.6 Å². The van der Waals surface area contributed by atoms with Crippen LogP contribution in [0.25, 0.3) is 0 Å². The highest BCUT2D eigenvalue weighted by Gasteiger charge is 2.35. The normalized spacial score (nSPS) is 14.2. The average Bonchev–Trinajstić information content (AvgIpc) is 3.43. The minimum absolute atomic E-state index is 0.0314. The molecule has 4 rings (SSSR count). The van der Waals surface area contributed by atoms with Crippen LogP contribution in [0.2, 0.25) is 0 Å². The quantitative estimate of drug-likeness (QED) is 0.485. The van der Waals surface area contributed by atoms with E-state index in [1.54, 1.807) is 54.6 Å². The topological polar surface area (TPSA) is 114 Å². The first-order chi connectivity index (χ1) is 15.9. The highest BCUT2D eigenvalue weighted by molar-refractivity contribution is 7.91.